The summed E-state index contributed by atoms with van der Waals surface area (Å²) < 4.78 is 68.3. The number of hydrogen-bond acceptors (Lipinski definition) is 4. The summed E-state index contributed by atoms with van der Waals surface area (Å²) in [6.45, 7) is -2.92. The highest BCUT2D eigenvalue weighted by atomic mass is 35.5. The molecule has 28 heavy (non-hydrogen) atoms. The van der Waals surface area contributed by atoms with E-state index in [4.69, 9.17) is 5.11 Å². The van der Waals surface area contributed by atoms with Gasteiger partial charge < -0.3 is 15.2 Å². The predicted octanol–water partition coefficient (Wildman–Crippen LogP) is 3.23. The molecule has 0 bridgehead atoms. The lowest BCUT2D eigenvalue weighted by atomic mass is 9.96. The van der Waals surface area contributed by atoms with Crippen molar-refractivity contribution in [3.63, 3.8) is 0 Å². The van der Waals surface area contributed by atoms with Gasteiger partial charge in [0.15, 0.2) is 0 Å². The predicted molar refractivity (Wildman–Crippen MR) is 90.7 cm³/mol. The number of anilines is 1. The van der Waals surface area contributed by atoms with E-state index in [-0.39, 0.29) is 23.8 Å². The molecule has 1 aromatic rings. The summed E-state index contributed by atoms with van der Waals surface area (Å²) in [5.41, 5.74) is -0.0731. The number of rotatable bonds is 6. The number of ether oxygens (including phenoxy) is 1. The minimum atomic E-state index is -4.72. The number of halogens is 6. The molecule has 3 atom stereocenters. The fourth-order valence-electron chi connectivity index (χ4n) is 2.90. The van der Waals surface area contributed by atoms with Crippen LogP contribution in [-0.2, 0) is 9.59 Å². The monoisotopic (exact) mass is 432 g/mol. The van der Waals surface area contributed by atoms with E-state index in [0.29, 0.717) is 0 Å². The molecule has 1 unspecified atom stereocenters. The molecule has 158 valence electrons. The van der Waals surface area contributed by atoms with Crippen LogP contribution in [0.3, 0.4) is 0 Å². The minimum absolute atomic E-state index is 0. The number of nitrogens with one attached hydrogen (secondary N) is 1. The first kappa shape index (κ1) is 23.9. The largest absolute Gasteiger partial charge is 0.481 e. The van der Waals surface area contributed by atoms with E-state index in [1.54, 1.807) is 0 Å². The van der Waals surface area contributed by atoms with Gasteiger partial charge in [0.05, 0.1) is 23.6 Å². The van der Waals surface area contributed by atoms with Crippen molar-refractivity contribution in [3.8, 4) is 5.75 Å². The van der Waals surface area contributed by atoms with Crippen LogP contribution in [0.15, 0.2) is 24.3 Å². The summed E-state index contributed by atoms with van der Waals surface area (Å²) in [4.78, 5) is 24.6. The molecule has 0 spiro atoms. The second-order valence-electron chi connectivity index (χ2n) is 6.09. The molecule has 0 aromatic heterocycles. The molecular weight excluding hydrogens is 415 g/mol. The Morgan fingerprint density at radius 1 is 1.25 bits per heavy atom. The first-order valence-corrected chi connectivity index (χ1v) is 7.89. The highest BCUT2D eigenvalue weighted by Crippen LogP contribution is 2.38. The van der Waals surface area contributed by atoms with Gasteiger partial charge in [-0.15, -0.1) is 12.4 Å². The first-order chi connectivity index (χ1) is 12.5. The molecule has 1 aromatic carbocycles. The normalized spacial score (nSPS) is 21.1. The molecule has 2 N–H and O–H groups in total. The van der Waals surface area contributed by atoms with E-state index in [1.807, 2.05) is 0 Å². The standard InChI is InChI=1S/C16H17F5N2O4.ClH/c1-8(23-6-9(14(25)26)10(7-23)16(19,20)21)13(24)22-11-4-2-3-5-12(11)27-15(17)18;/h2-5,8-10,15H,6-7H2,1H3,(H,22,24)(H,25,26);1H/t8?,9-,10-;/m1./s1. The number of carbonyl (C=O) groups is 2. The Bertz CT molecular complexity index is 704. The van der Waals surface area contributed by atoms with Crippen molar-refractivity contribution in [1.29, 1.82) is 0 Å². The average molecular weight is 433 g/mol. The second kappa shape index (κ2) is 9.37. The lowest BCUT2D eigenvalue weighted by Crippen LogP contribution is -2.41. The van der Waals surface area contributed by atoms with Crippen LogP contribution in [0, 0.1) is 11.8 Å². The van der Waals surface area contributed by atoms with Crippen LogP contribution in [0.4, 0.5) is 27.6 Å². The summed E-state index contributed by atoms with van der Waals surface area (Å²) in [7, 11) is 0. The maximum absolute atomic E-state index is 13.1. The zero-order valence-electron chi connectivity index (χ0n) is 14.5. The van der Waals surface area contributed by atoms with Gasteiger partial charge in [0, 0.05) is 13.1 Å². The maximum atomic E-state index is 13.1. The number of alkyl halides is 5. The van der Waals surface area contributed by atoms with E-state index >= 15 is 0 Å². The number of carboxylic acid groups (broad SMARTS) is 1. The van der Waals surface area contributed by atoms with Crippen LogP contribution in [-0.4, -0.2) is 53.8 Å². The number of benzene rings is 1. The number of nitrogens with zero attached hydrogens (tertiary/aromatic N) is 1. The molecule has 1 heterocycles. The van der Waals surface area contributed by atoms with Gasteiger partial charge >= 0.3 is 18.8 Å². The van der Waals surface area contributed by atoms with Gasteiger partial charge in [-0.1, -0.05) is 12.1 Å². The lowest BCUT2D eigenvalue weighted by Gasteiger charge is -2.24. The van der Waals surface area contributed by atoms with Crippen molar-refractivity contribution in [2.75, 3.05) is 18.4 Å². The van der Waals surface area contributed by atoms with Crippen LogP contribution in [0.1, 0.15) is 6.92 Å². The van der Waals surface area contributed by atoms with Crippen molar-refractivity contribution in [2.45, 2.75) is 25.8 Å². The van der Waals surface area contributed by atoms with E-state index in [0.717, 1.165) is 4.90 Å². The molecule has 1 aliphatic rings. The molecule has 2 rings (SSSR count). The first-order valence-electron chi connectivity index (χ1n) is 7.89. The molecular formula is C16H18ClF5N2O4. The number of amides is 1. The quantitative estimate of drug-likeness (QED) is 0.675. The summed E-state index contributed by atoms with van der Waals surface area (Å²) in [6.07, 6.45) is -4.72. The molecule has 0 radical (unpaired) electrons. The third-order valence-corrected chi connectivity index (χ3v) is 4.37. The van der Waals surface area contributed by atoms with Gasteiger partial charge in [-0.05, 0) is 19.1 Å². The van der Waals surface area contributed by atoms with Crippen molar-refractivity contribution in [1.82, 2.24) is 4.90 Å². The van der Waals surface area contributed by atoms with Crippen molar-refractivity contribution < 1.29 is 41.4 Å². The van der Waals surface area contributed by atoms with E-state index in [9.17, 15) is 31.5 Å². The molecule has 0 saturated carbocycles. The topological polar surface area (TPSA) is 78.9 Å². The van der Waals surface area contributed by atoms with Gasteiger partial charge in [0.2, 0.25) is 5.91 Å². The van der Waals surface area contributed by atoms with E-state index < -0.39 is 55.6 Å². The number of hydrogen-bond donors (Lipinski definition) is 2. The lowest BCUT2D eigenvalue weighted by molar-refractivity contribution is -0.188. The zero-order chi connectivity index (χ0) is 20.4. The SMILES string of the molecule is CC(C(=O)Nc1ccccc1OC(F)F)N1C[C@@H](C(F)(F)F)[C@H](C(=O)O)C1.Cl. The van der Waals surface area contributed by atoms with E-state index in [2.05, 4.69) is 10.1 Å². The maximum Gasteiger partial charge on any atom is 0.393 e. The third kappa shape index (κ3) is 5.68. The Morgan fingerprint density at radius 2 is 1.86 bits per heavy atom. The third-order valence-electron chi connectivity index (χ3n) is 4.37. The van der Waals surface area contributed by atoms with Crippen molar-refractivity contribution in [2.24, 2.45) is 11.8 Å². The Morgan fingerprint density at radius 3 is 2.36 bits per heavy atom. The van der Waals surface area contributed by atoms with Crippen molar-refractivity contribution >= 4 is 30.0 Å². The van der Waals surface area contributed by atoms with Crippen molar-refractivity contribution in [3.05, 3.63) is 24.3 Å². The fraction of sp³-hybridized carbons (Fsp3) is 0.500. The molecule has 6 nitrogen and oxygen atoms in total. The Balaban J connectivity index is 0.00000392. The summed E-state index contributed by atoms with van der Waals surface area (Å²) in [5, 5.41) is 11.3. The minimum Gasteiger partial charge on any atom is -0.481 e. The van der Waals surface area contributed by atoms with Gasteiger partial charge in [-0.3, -0.25) is 14.5 Å². The Hall–Kier alpha value is -2.14. The average Bonchev–Trinajstić information content (AvgIpc) is 3.01. The zero-order valence-corrected chi connectivity index (χ0v) is 15.3. The summed E-state index contributed by atoms with van der Waals surface area (Å²) in [5.74, 6) is -6.45. The molecule has 1 aliphatic heterocycles. The number of carboxylic acids is 1. The summed E-state index contributed by atoms with van der Waals surface area (Å²) in [6, 6.07) is 4.24. The molecule has 12 heteroatoms. The number of para-hydroxylation sites is 2. The van der Waals surface area contributed by atoms with Gasteiger partial charge in [-0.2, -0.15) is 22.0 Å². The van der Waals surface area contributed by atoms with Gasteiger partial charge in [0.25, 0.3) is 0 Å². The number of carbonyl (C=O) groups excluding carboxylic acids is 1. The second-order valence-corrected chi connectivity index (χ2v) is 6.09. The smallest absolute Gasteiger partial charge is 0.393 e. The van der Waals surface area contributed by atoms with Gasteiger partial charge in [-0.25, -0.2) is 0 Å². The van der Waals surface area contributed by atoms with Crippen LogP contribution in [0.2, 0.25) is 0 Å². The van der Waals surface area contributed by atoms with Crippen LogP contribution < -0.4 is 10.1 Å². The molecule has 1 amide bonds. The summed E-state index contributed by atoms with van der Waals surface area (Å²) >= 11 is 0. The van der Waals surface area contributed by atoms with E-state index in [1.165, 1.54) is 31.2 Å². The highest BCUT2D eigenvalue weighted by molar-refractivity contribution is 5.95. The highest BCUT2D eigenvalue weighted by Gasteiger charge is 2.53. The number of likely N-dealkylation sites (tertiary alicyclic amines) is 1. The Labute approximate surface area is 163 Å². The van der Waals surface area contributed by atoms with Crippen LogP contribution in [0.5, 0.6) is 5.75 Å². The molecule has 1 fully saturated rings. The Kier molecular flexibility index (Phi) is 8.00. The molecule has 0 aliphatic carbocycles. The fourth-order valence-corrected chi connectivity index (χ4v) is 2.90. The van der Waals surface area contributed by atoms with Crippen LogP contribution >= 0.6 is 12.4 Å². The number of aliphatic carboxylic acids is 1. The van der Waals surface area contributed by atoms with Gasteiger partial charge in [0.1, 0.15) is 5.75 Å². The molecule has 1 saturated heterocycles. The van der Waals surface area contributed by atoms with Crippen LogP contribution in [0.25, 0.3) is 0 Å².